The Kier molecular flexibility index (Phi) is 4.00. The van der Waals surface area contributed by atoms with E-state index >= 15 is 0 Å². The molecule has 0 saturated heterocycles. The van der Waals surface area contributed by atoms with Crippen LogP contribution in [0.1, 0.15) is 18.1 Å². The van der Waals surface area contributed by atoms with Crippen molar-refractivity contribution in [3.63, 3.8) is 0 Å². The molecule has 92 valence electrons. The molecule has 17 heavy (non-hydrogen) atoms. The summed E-state index contributed by atoms with van der Waals surface area (Å²) < 4.78 is 4.80. The number of methoxy groups -OCH3 is 1. The van der Waals surface area contributed by atoms with Crippen molar-refractivity contribution in [3.8, 4) is 5.75 Å². The molecular weight excluding hydrogens is 230 g/mol. The fraction of sp³-hybridized carbons (Fsp3) is 0.300. The number of aliphatic hydroxyl groups is 1. The number of benzene rings is 1. The van der Waals surface area contributed by atoms with Crippen molar-refractivity contribution in [1.29, 1.82) is 0 Å². The van der Waals surface area contributed by atoms with E-state index in [1.807, 2.05) is 0 Å². The van der Waals surface area contributed by atoms with Crippen molar-refractivity contribution in [3.05, 3.63) is 33.9 Å². The lowest BCUT2D eigenvalue weighted by atomic mass is 10.1. The zero-order valence-corrected chi connectivity index (χ0v) is 8.99. The molecule has 1 aromatic rings. The predicted octanol–water partition coefficient (Wildman–Crippen LogP) is 1.11. The van der Waals surface area contributed by atoms with Crippen LogP contribution in [0.15, 0.2) is 18.2 Å². The van der Waals surface area contributed by atoms with Crippen LogP contribution in [0.25, 0.3) is 0 Å². The first-order chi connectivity index (χ1) is 7.95. The van der Waals surface area contributed by atoms with Crippen LogP contribution < -0.4 is 4.74 Å². The Morgan fingerprint density at radius 2 is 2.24 bits per heavy atom. The monoisotopic (exact) mass is 241 g/mol. The minimum absolute atomic E-state index is 0.0167. The number of carbonyl (C=O) groups is 1. The van der Waals surface area contributed by atoms with Gasteiger partial charge in [0.25, 0.3) is 0 Å². The fourth-order valence-corrected chi connectivity index (χ4v) is 1.34. The van der Waals surface area contributed by atoms with Crippen LogP contribution in [0.4, 0.5) is 5.69 Å². The number of aliphatic carboxylic acids is 1. The van der Waals surface area contributed by atoms with Crippen molar-refractivity contribution in [2.45, 2.75) is 12.5 Å². The molecule has 7 heteroatoms. The van der Waals surface area contributed by atoms with Gasteiger partial charge in [0.2, 0.25) is 0 Å². The number of hydrogen-bond acceptors (Lipinski definition) is 5. The Bertz CT molecular complexity index is 444. The number of nitrogens with zero attached hydrogens (tertiary/aromatic N) is 1. The van der Waals surface area contributed by atoms with E-state index in [0.29, 0.717) is 0 Å². The smallest absolute Gasteiger partial charge is 0.310 e. The third-order valence-corrected chi connectivity index (χ3v) is 2.15. The molecular formula is C10H11NO6. The van der Waals surface area contributed by atoms with Gasteiger partial charge in [0.05, 0.1) is 24.6 Å². The normalized spacial score (nSPS) is 11.9. The van der Waals surface area contributed by atoms with Gasteiger partial charge in [-0.3, -0.25) is 14.9 Å². The van der Waals surface area contributed by atoms with E-state index < -0.39 is 23.4 Å². The van der Waals surface area contributed by atoms with Crippen LogP contribution in [0.5, 0.6) is 5.75 Å². The first-order valence-corrected chi connectivity index (χ1v) is 4.68. The van der Waals surface area contributed by atoms with Crippen LogP contribution in [0.2, 0.25) is 0 Å². The molecule has 0 radical (unpaired) electrons. The highest BCUT2D eigenvalue weighted by atomic mass is 16.6. The zero-order chi connectivity index (χ0) is 13.0. The Morgan fingerprint density at radius 1 is 1.59 bits per heavy atom. The van der Waals surface area contributed by atoms with Gasteiger partial charge in [0.15, 0.2) is 5.75 Å². The highest BCUT2D eigenvalue weighted by Gasteiger charge is 2.19. The third-order valence-electron chi connectivity index (χ3n) is 2.15. The number of nitro groups is 1. The highest BCUT2D eigenvalue weighted by Crippen LogP contribution is 2.30. The summed E-state index contributed by atoms with van der Waals surface area (Å²) in [7, 11) is 1.26. The lowest BCUT2D eigenvalue weighted by molar-refractivity contribution is -0.385. The molecule has 0 amide bonds. The zero-order valence-electron chi connectivity index (χ0n) is 8.99. The maximum Gasteiger partial charge on any atom is 0.310 e. The average Bonchev–Trinajstić information content (AvgIpc) is 2.27. The summed E-state index contributed by atoms with van der Waals surface area (Å²) in [5.74, 6) is -1.17. The summed E-state index contributed by atoms with van der Waals surface area (Å²) in [5, 5.41) is 28.7. The molecule has 2 N–H and O–H groups in total. The molecule has 0 spiro atoms. The standard InChI is InChI=1S/C10H11NO6/c1-17-9-4-6(8(12)5-10(13)14)2-3-7(9)11(15)16/h2-4,8,12H,5H2,1H3,(H,13,14)/t8-/m1/s1. The van der Waals surface area contributed by atoms with Crippen LogP contribution in [-0.4, -0.2) is 28.2 Å². The van der Waals surface area contributed by atoms with Crippen LogP contribution in [-0.2, 0) is 4.79 Å². The van der Waals surface area contributed by atoms with E-state index in [1.165, 1.54) is 25.3 Å². The number of carboxylic acids is 1. The topological polar surface area (TPSA) is 110 Å². The second kappa shape index (κ2) is 5.26. The van der Waals surface area contributed by atoms with Crippen molar-refractivity contribution >= 4 is 11.7 Å². The van der Waals surface area contributed by atoms with Gasteiger partial charge in [-0.1, -0.05) is 0 Å². The van der Waals surface area contributed by atoms with Crippen molar-refractivity contribution < 1.29 is 24.7 Å². The summed E-state index contributed by atoms with van der Waals surface area (Å²) in [5.41, 5.74) is 0.0219. The number of rotatable bonds is 5. The summed E-state index contributed by atoms with van der Waals surface area (Å²) in [6, 6.07) is 3.72. The Morgan fingerprint density at radius 3 is 2.71 bits per heavy atom. The highest BCUT2D eigenvalue weighted by molar-refractivity contribution is 5.67. The predicted molar refractivity (Wildman–Crippen MR) is 56.9 cm³/mol. The Balaban J connectivity index is 3.04. The SMILES string of the molecule is COc1cc([C@H](O)CC(=O)O)ccc1[N+](=O)[O-]. The van der Waals surface area contributed by atoms with Gasteiger partial charge in [-0.2, -0.15) is 0 Å². The number of carboxylic acid groups (broad SMARTS) is 1. The van der Waals surface area contributed by atoms with Crippen LogP contribution in [0.3, 0.4) is 0 Å². The summed E-state index contributed by atoms with van der Waals surface area (Å²) in [6.07, 6.45) is -1.69. The van der Waals surface area contributed by atoms with Gasteiger partial charge in [0.1, 0.15) is 0 Å². The summed E-state index contributed by atoms with van der Waals surface area (Å²) in [4.78, 5) is 20.4. The first kappa shape index (κ1) is 12.9. The average molecular weight is 241 g/mol. The van der Waals surface area contributed by atoms with Gasteiger partial charge in [-0.15, -0.1) is 0 Å². The maximum absolute atomic E-state index is 10.6. The lowest BCUT2D eigenvalue weighted by Gasteiger charge is -2.09. The van der Waals surface area contributed by atoms with Crippen LogP contribution >= 0.6 is 0 Å². The van der Waals surface area contributed by atoms with Crippen LogP contribution in [0, 0.1) is 10.1 Å². The summed E-state index contributed by atoms with van der Waals surface area (Å²) in [6.45, 7) is 0. The fourth-order valence-electron chi connectivity index (χ4n) is 1.34. The molecule has 0 unspecified atom stereocenters. The van der Waals surface area contributed by atoms with Gasteiger partial charge < -0.3 is 14.9 Å². The van der Waals surface area contributed by atoms with Gasteiger partial charge in [0, 0.05) is 6.07 Å². The number of nitro benzene ring substituents is 1. The summed E-state index contributed by atoms with van der Waals surface area (Å²) >= 11 is 0. The molecule has 0 heterocycles. The number of ether oxygens (including phenoxy) is 1. The minimum Gasteiger partial charge on any atom is -0.490 e. The second-order valence-electron chi connectivity index (χ2n) is 3.30. The minimum atomic E-state index is -1.22. The number of hydrogen-bond donors (Lipinski definition) is 2. The van der Waals surface area contributed by atoms with Gasteiger partial charge in [-0.25, -0.2) is 0 Å². The quantitative estimate of drug-likeness (QED) is 0.590. The Hall–Kier alpha value is -2.15. The molecule has 1 aromatic carbocycles. The molecule has 0 aliphatic heterocycles. The van der Waals surface area contributed by atoms with E-state index in [4.69, 9.17) is 9.84 Å². The molecule has 0 aliphatic rings. The van der Waals surface area contributed by atoms with Gasteiger partial charge >= 0.3 is 11.7 Å². The van der Waals surface area contributed by atoms with Crippen molar-refractivity contribution in [2.24, 2.45) is 0 Å². The third kappa shape index (κ3) is 3.15. The van der Waals surface area contributed by atoms with E-state index in [9.17, 15) is 20.0 Å². The molecule has 1 atom stereocenters. The molecule has 1 rings (SSSR count). The molecule has 0 aliphatic carbocycles. The van der Waals surface area contributed by atoms with Crippen molar-refractivity contribution in [2.75, 3.05) is 7.11 Å². The number of aliphatic hydroxyl groups excluding tert-OH is 1. The first-order valence-electron chi connectivity index (χ1n) is 4.68. The molecule has 0 fully saturated rings. The largest absolute Gasteiger partial charge is 0.490 e. The van der Waals surface area contributed by atoms with Crippen molar-refractivity contribution in [1.82, 2.24) is 0 Å². The van der Waals surface area contributed by atoms with E-state index in [0.717, 1.165) is 0 Å². The lowest BCUT2D eigenvalue weighted by Crippen LogP contribution is -2.06. The molecule has 0 bridgehead atoms. The Labute approximate surface area is 96.4 Å². The molecule has 7 nitrogen and oxygen atoms in total. The maximum atomic E-state index is 10.6. The van der Waals surface area contributed by atoms with E-state index in [-0.39, 0.29) is 17.0 Å². The molecule has 0 saturated carbocycles. The van der Waals surface area contributed by atoms with E-state index in [2.05, 4.69) is 0 Å². The van der Waals surface area contributed by atoms with Gasteiger partial charge in [-0.05, 0) is 17.7 Å². The van der Waals surface area contributed by atoms with E-state index in [1.54, 1.807) is 0 Å². The molecule has 0 aromatic heterocycles. The second-order valence-corrected chi connectivity index (χ2v) is 3.30.